The highest BCUT2D eigenvalue weighted by atomic mass is 16.5. The Morgan fingerprint density at radius 2 is 1.95 bits per heavy atom. The van der Waals surface area contributed by atoms with Crippen molar-refractivity contribution in [3.8, 4) is 5.75 Å². The minimum absolute atomic E-state index is 0.0193. The molecule has 0 saturated carbocycles. The fraction of sp³-hybridized carbons (Fsp3) is 0.188. The van der Waals surface area contributed by atoms with Crippen molar-refractivity contribution in [1.82, 2.24) is 0 Å². The maximum Gasteiger partial charge on any atom is 0.279 e. The molecule has 0 aliphatic rings. The van der Waals surface area contributed by atoms with Gasteiger partial charge in [0, 0.05) is 17.3 Å². The van der Waals surface area contributed by atoms with E-state index in [2.05, 4.69) is 17.4 Å². The van der Waals surface area contributed by atoms with Crippen LogP contribution in [0.2, 0.25) is 0 Å². The monoisotopic (exact) mass is 271 g/mol. The average molecular weight is 271 g/mol. The van der Waals surface area contributed by atoms with Crippen LogP contribution in [0.5, 0.6) is 5.75 Å². The molecule has 2 rings (SSSR count). The quantitative estimate of drug-likeness (QED) is 0.834. The molecule has 4 nitrogen and oxygen atoms in total. The Hall–Kier alpha value is -2.33. The lowest BCUT2D eigenvalue weighted by atomic mass is 10.2. The Morgan fingerprint density at radius 1 is 1.15 bits per heavy atom. The first-order valence-corrected chi connectivity index (χ1v) is 6.57. The van der Waals surface area contributed by atoms with Crippen LogP contribution in [0.4, 0.5) is 5.69 Å². The lowest BCUT2D eigenvalue weighted by Crippen LogP contribution is -2.84. The molecule has 0 aromatic heterocycles. The van der Waals surface area contributed by atoms with E-state index in [1.54, 1.807) is 13.2 Å². The second-order valence-corrected chi connectivity index (χ2v) is 4.46. The molecule has 0 unspecified atom stereocenters. The van der Waals surface area contributed by atoms with Crippen molar-refractivity contribution in [3.63, 3.8) is 0 Å². The predicted octanol–water partition coefficient (Wildman–Crippen LogP) is 1.40. The molecule has 104 valence electrons. The lowest BCUT2D eigenvalue weighted by molar-refractivity contribution is -0.659. The summed E-state index contributed by atoms with van der Waals surface area (Å²) in [6.07, 6.45) is 0. The fourth-order valence-corrected chi connectivity index (χ4v) is 1.90. The van der Waals surface area contributed by atoms with Crippen molar-refractivity contribution >= 4 is 11.6 Å². The van der Waals surface area contributed by atoms with Crippen LogP contribution >= 0.6 is 0 Å². The normalized spacial score (nSPS) is 10.1. The van der Waals surface area contributed by atoms with Crippen molar-refractivity contribution < 1.29 is 14.8 Å². The van der Waals surface area contributed by atoms with Gasteiger partial charge in [-0.15, -0.1) is 0 Å². The fourth-order valence-electron chi connectivity index (χ4n) is 1.90. The van der Waals surface area contributed by atoms with E-state index >= 15 is 0 Å². The van der Waals surface area contributed by atoms with E-state index < -0.39 is 0 Å². The molecule has 2 aromatic carbocycles. The minimum atomic E-state index is -0.0193. The van der Waals surface area contributed by atoms with Gasteiger partial charge < -0.3 is 15.4 Å². The molecule has 0 aliphatic carbocycles. The van der Waals surface area contributed by atoms with Crippen molar-refractivity contribution in [1.29, 1.82) is 0 Å². The highest BCUT2D eigenvalue weighted by Crippen LogP contribution is 2.16. The zero-order valence-electron chi connectivity index (χ0n) is 11.5. The van der Waals surface area contributed by atoms with Crippen LogP contribution in [0.3, 0.4) is 0 Å². The summed E-state index contributed by atoms with van der Waals surface area (Å²) in [6.45, 7) is 1.19. The van der Waals surface area contributed by atoms with Gasteiger partial charge in [0.05, 0.1) is 7.11 Å². The highest BCUT2D eigenvalue weighted by molar-refractivity contribution is 5.91. The number of hydrogen-bond acceptors (Lipinski definition) is 2. The molecule has 2 aromatic rings. The van der Waals surface area contributed by atoms with Crippen LogP contribution in [0.25, 0.3) is 0 Å². The number of carbonyl (C=O) groups excluding carboxylic acids is 1. The van der Waals surface area contributed by atoms with Gasteiger partial charge >= 0.3 is 0 Å². The SMILES string of the molecule is COc1cccc(NC(=O)C[NH2+]Cc2ccccc2)c1. The second kappa shape index (κ2) is 7.31. The maximum atomic E-state index is 11.8. The molecule has 0 bridgehead atoms. The summed E-state index contributed by atoms with van der Waals surface area (Å²) in [5.74, 6) is 0.713. The summed E-state index contributed by atoms with van der Waals surface area (Å²) in [5.41, 5.74) is 1.96. The highest BCUT2D eigenvalue weighted by Gasteiger charge is 2.05. The van der Waals surface area contributed by atoms with Gasteiger partial charge in [0.15, 0.2) is 6.54 Å². The van der Waals surface area contributed by atoms with E-state index in [1.165, 1.54) is 5.56 Å². The number of carbonyl (C=O) groups is 1. The first-order chi connectivity index (χ1) is 9.78. The summed E-state index contributed by atoms with van der Waals surface area (Å²) in [4.78, 5) is 11.8. The average Bonchev–Trinajstić information content (AvgIpc) is 2.48. The summed E-state index contributed by atoms with van der Waals surface area (Å²) in [7, 11) is 1.61. The topological polar surface area (TPSA) is 54.9 Å². The predicted molar refractivity (Wildman–Crippen MR) is 78.6 cm³/mol. The van der Waals surface area contributed by atoms with Gasteiger partial charge in [0.1, 0.15) is 12.3 Å². The Kier molecular flexibility index (Phi) is 5.15. The summed E-state index contributed by atoms with van der Waals surface area (Å²) < 4.78 is 5.12. The van der Waals surface area contributed by atoms with Gasteiger partial charge in [0.25, 0.3) is 5.91 Å². The molecule has 0 saturated heterocycles. The molecule has 0 spiro atoms. The van der Waals surface area contributed by atoms with Gasteiger partial charge in [-0.25, -0.2) is 0 Å². The third-order valence-electron chi connectivity index (χ3n) is 2.91. The lowest BCUT2D eigenvalue weighted by Gasteiger charge is -2.06. The first kappa shape index (κ1) is 14.1. The number of nitrogens with one attached hydrogen (secondary N) is 1. The number of anilines is 1. The van der Waals surface area contributed by atoms with Gasteiger partial charge in [-0.05, 0) is 12.1 Å². The van der Waals surface area contributed by atoms with E-state index in [9.17, 15) is 4.79 Å². The van der Waals surface area contributed by atoms with Gasteiger partial charge in [-0.3, -0.25) is 4.79 Å². The number of amides is 1. The van der Waals surface area contributed by atoms with Crippen molar-refractivity contribution in [2.45, 2.75) is 6.54 Å². The molecule has 0 heterocycles. The number of nitrogens with two attached hydrogens (primary N) is 1. The number of hydrogen-bond donors (Lipinski definition) is 2. The third kappa shape index (κ3) is 4.40. The minimum Gasteiger partial charge on any atom is -0.497 e. The molecule has 20 heavy (non-hydrogen) atoms. The van der Waals surface area contributed by atoms with Crippen molar-refractivity contribution in [2.75, 3.05) is 19.0 Å². The molecule has 4 heteroatoms. The summed E-state index contributed by atoms with van der Waals surface area (Å²) >= 11 is 0. The van der Waals surface area contributed by atoms with Crippen LogP contribution in [-0.4, -0.2) is 19.6 Å². The Bertz CT molecular complexity index is 555. The van der Waals surface area contributed by atoms with Crippen LogP contribution in [0.15, 0.2) is 54.6 Å². The smallest absolute Gasteiger partial charge is 0.279 e. The van der Waals surface area contributed by atoms with E-state index in [4.69, 9.17) is 4.74 Å². The second-order valence-electron chi connectivity index (χ2n) is 4.46. The largest absolute Gasteiger partial charge is 0.497 e. The van der Waals surface area contributed by atoms with E-state index in [-0.39, 0.29) is 5.91 Å². The maximum absolute atomic E-state index is 11.8. The number of benzene rings is 2. The Balaban J connectivity index is 1.77. The molecule has 3 N–H and O–H groups in total. The first-order valence-electron chi connectivity index (χ1n) is 6.57. The van der Waals surface area contributed by atoms with Crippen LogP contribution in [0, 0.1) is 0 Å². The molecular formula is C16H19N2O2+. The number of rotatable bonds is 6. The molecule has 0 radical (unpaired) electrons. The molecular weight excluding hydrogens is 252 g/mol. The number of ether oxygens (including phenoxy) is 1. The van der Waals surface area contributed by atoms with Crippen LogP contribution in [-0.2, 0) is 11.3 Å². The van der Waals surface area contributed by atoms with Crippen molar-refractivity contribution in [3.05, 3.63) is 60.2 Å². The van der Waals surface area contributed by atoms with Crippen molar-refractivity contribution in [2.24, 2.45) is 0 Å². The number of methoxy groups -OCH3 is 1. The molecule has 0 atom stereocenters. The molecule has 1 amide bonds. The molecule has 0 fully saturated rings. The zero-order valence-corrected chi connectivity index (χ0v) is 11.5. The zero-order chi connectivity index (χ0) is 14.2. The van der Waals surface area contributed by atoms with E-state index in [1.807, 2.05) is 41.7 Å². The summed E-state index contributed by atoms with van der Waals surface area (Å²) in [6, 6.07) is 17.4. The van der Waals surface area contributed by atoms with Gasteiger partial charge in [0.2, 0.25) is 0 Å². The van der Waals surface area contributed by atoms with E-state index in [0.717, 1.165) is 18.0 Å². The van der Waals surface area contributed by atoms with Gasteiger partial charge in [-0.2, -0.15) is 0 Å². The van der Waals surface area contributed by atoms with Crippen LogP contribution in [0.1, 0.15) is 5.56 Å². The Labute approximate surface area is 118 Å². The Morgan fingerprint density at radius 3 is 2.70 bits per heavy atom. The van der Waals surface area contributed by atoms with Crippen LogP contribution < -0.4 is 15.4 Å². The van der Waals surface area contributed by atoms with E-state index in [0.29, 0.717) is 6.54 Å². The standard InChI is InChI=1S/C16H18N2O2/c1-20-15-9-5-8-14(10-15)18-16(19)12-17-11-13-6-3-2-4-7-13/h2-10,17H,11-12H2,1H3,(H,18,19)/p+1. The molecule has 0 aliphatic heterocycles. The van der Waals surface area contributed by atoms with Gasteiger partial charge in [-0.1, -0.05) is 36.4 Å². The number of quaternary nitrogens is 1. The summed E-state index contributed by atoms with van der Waals surface area (Å²) in [5, 5.41) is 4.83. The third-order valence-corrected chi connectivity index (χ3v) is 2.91.